The second-order valence-corrected chi connectivity index (χ2v) is 5.64. The third-order valence-electron chi connectivity index (χ3n) is 1.92. The molecule has 0 radical (unpaired) electrons. The van der Waals surface area contributed by atoms with Crippen molar-refractivity contribution in [3.05, 3.63) is 5.57 Å². The molecule has 3 heteroatoms. The van der Waals surface area contributed by atoms with Gasteiger partial charge in [0.05, 0.1) is 0 Å². The standard InChI is InChI=1S/C12H18O3/c1-11(2,3)9(14)8(7-13)10(15)12(4,5)6/h1-6H3. The molecule has 15 heavy (non-hydrogen) atoms. The zero-order valence-corrected chi connectivity index (χ0v) is 10.2. The van der Waals surface area contributed by atoms with E-state index in [0.717, 1.165) is 0 Å². The SMILES string of the molecule is CC(C)(C)C(=O)C(=C=O)C(=O)C(C)(C)C. The molecule has 0 saturated carbocycles. The summed E-state index contributed by atoms with van der Waals surface area (Å²) in [6.07, 6.45) is 0. The van der Waals surface area contributed by atoms with Gasteiger partial charge in [-0.05, 0) is 0 Å². The van der Waals surface area contributed by atoms with Gasteiger partial charge in [0.2, 0.25) is 0 Å². The maximum absolute atomic E-state index is 11.8. The predicted molar refractivity (Wildman–Crippen MR) is 58.1 cm³/mol. The summed E-state index contributed by atoms with van der Waals surface area (Å²) in [5.74, 6) is 0.589. The van der Waals surface area contributed by atoms with Crippen molar-refractivity contribution in [2.45, 2.75) is 41.5 Å². The fourth-order valence-corrected chi connectivity index (χ4v) is 0.946. The van der Waals surface area contributed by atoms with Crippen molar-refractivity contribution in [1.82, 2.24) is 0 Å². The fourth-order valence-electron chi connectivity index (χ4n) is 0.946. The third kappa shape index (κ3) is 3.45. The summed E-state index contributed by atoms with van der Waals surface area (Å²) in [6, 6.07) is 0. The van der Waals surface area contributed by atoms with Gasteiger partial charge in [0.1, 0.15) is 11.5 Å². The molecule has 0 aliphatic carbocycles. The molecule has 0 fully saturated rings. The first kappa shape index (κ1) is 13.8. The van der Waals surface area contributed by atoms with Crippen LogP contribution in [0.1, 0.15) is 41.5 Å². The minimum absolute atomic E-state index is 0.352. The molecule has 0 N–H and O–H groups in total. The highest BCUT2D eigenvalue weighted by Gasteiger charge is 2.35. The molecule has 0 atom stereocenters. The average molecular weight is 210 g/mol. The van der Waals surface area contributed by atoms with Gasteiger partial charge in [0, 0.05) is 10.8 Å². The quantitative estimate of drug-likeness (QED) is 0.303. The molecule has 0 aromatic rings. The molecule has 0 saturated heterocycles. The lowest BCUT2D eigenvalue weighted by Gasteiger charge is -2.21. The molecule has 0 rings (SSSR count). The molecule has 0 aliphatic rings. The number of allylic oxidation sites excluding steroid dienone is 1. The van der Waals surface area contributed by atoms with Crippen LogP contribution in [0.3, 0.4) is 0 Å². The van der Waals surface area contributed by atoms with Crippen LogP contribution in [0.2, 0.25) is 0 Å². The highest BCUT2D eigenvalue weighted by Crippen LogP contribution is 2.25. The van der Waals surface area contributed by atoms with Gasteiger partial charge in [-0.1, -0.05) is 41.5 Å². The van der Waals surface area contributed by atoms with Gasteiger partial charge in [-0.2, -0.15) is 0 Å². The van der Waals surface area contributed by atoms with Crippen LogP contribution in [0.15, 0.2) is 5.57 Å². The third-order valence-corrected chi connectivity index (χ3v) is 1.92. The highest BCUT2D eigenvalue weighted by atomic mass is 16.2. The van der Waals surface area contributed by atoms with Gasteiger partial charge in [-0.3, -0.25) is 9.59 Å². The van der Waals surface area contributed by atoms with Crippen LogP contribution in [0.4, 0.5) is 0 Å². The van der Waals surface area contributed by atoms with E-state index >= 15 is 0 Å². The molecule has 0 spiro atoms. The molecular formula is C12H18O3. The summed E-state index contributed by atoms with van der Waals surface area (Å²) in [5, 5.41) is 0. The second-order valence-electron chi connectivity index (χ2n) is 5.64. The van der Waals surface area contributed by atoms with Crippen LogP contribution in [-0.2, 0) is 14.4 Å². The Labute approximate surface area is 90.5 Å². The average Bonchev–Trinajstić information content (AvgIpc) is 2.01. The van der Waals surface area contributed by atoms with Crippen molar-refractivity contribution in [3.63, 3.8) is 0 Å². The van der Waals surface area contributed by atoms with Crippen LogP contribution in [0, 0.1) is 10.8 Å². The summed E-state index contributed by atoms with van der Waals surface area (Å²) in [6.45, 7) is 10.0. The van der Waals surface area contributed by atoms with Gasteiger partial charge in [-0.25, -0.2) is 4.79 Å². The largest absolute Gasteiger partial charge is 0.293 e. The maximum Gasteiger partial charge on any atom is 0.182 e. The van der Waals surface area contributed by atoms with E-state index in [1.54, 1.807) is 41.5 Å². The number of ketones is 2. The van der Waals surface area contributed by atoms with E-state index < -0.39 is 22.4 Å². The Morgan fingerprint density at radius 1 is 0.800 bits per heavy atom. The Hall–Kier alpha value is -1.21. The summed E-state index contributed by atoms with van der Waals surface area (Å²) in [7, 11) is 0. The van der Waals surface area contributed by atoms with Crippen molar-refractivity contribution >= 4 is 17.5 Å². The minimum Gasteiger partial charge on any atom is -0.293 e. The molecule has 0 aromatic carbocycles. The lowest BCUT2D eigenvalue weighted by Crippen LogP contribution is -2.32. The number of carbonyl (C=O) groups is 2. The van der Waals surface area contributed by atoms with Crippen LogP contribution >= 0.6 is 0 Å². The molecule has 0 aliphatic heterocycles. The van der Waals surface area contributed by atoms with Crippen molar-refractivity contribution < 1.29 is 14.4 Å². The number of carbonyl (C=O) groups excluding carboxylic acids is 3. The van der Waals surface area contributed by atoms with Gasteiger partial charge in [0.25, 0.3) is 0 Å². The minimum atomic E-state index is -0.729. The number of hydrogen-bond donors (Lipinski definition) is 0. The zero-order valence-electron chi connectivity index (χ0n) is 10.2. The fraction of sp³-hybridized carbons (Fsp3) is 0.667. The number of hydrogen-bond acceptors (Lipinski definition) is 3. The summed E-state index contributed by atoms with van der Waals surface area (Å²) < 4.78 is 0. The molecule has 0 bridgehead atoms. The lowest BCUT2D eigenvalue weighted by molar-refractivity contribution is -0.128. The normalized spacial score (nSPS) is 11.9. The lowest BCUT2D eigenvalue weighted by atomic mass is 9.79. The topological polar surface area (TPSA) is 51.2 Å². The Bertz CT molecular complexity index is 303. The van der Waals surface area contributed by atoms with Crippen molar-refractivity contribution in [2.75, 3.05) is 0 Å². The van der Waals surface area contributed by atoms with Crippen LogP contribution in [0.5, 0.6) is 0 Å². The molecule has 84 valence electrons. The molecule has 0 unspecified atom stereocenters. The maximum atomic E-state index is 11.8. The van der Waals surface area contributed by atoms with E-state index in [4.69, 9.17) is 0 Å². The smallest absolute Gasteiger partial charge is 0.182 e. The van der Waals surface area contributed by atoms with Crippen molar-refractivity contribution in [1.29, 1.82) is 0 Å². The first-order chi connectivity index (χ1) is 6.51. The van der Waals surface area contributed by atoms with Crippen LogP contribution < -0.4 is 0 Å². The second kappa shape index (κ2) is 4.11. The first-order valence-electron chi connectivity index (χ1n) is 4.86. The summed E-state index contributed by atoms with van der Waals surface area (Å²) >= 11 is 0. The Morgan fingerprint density at radius 3 is 1.20 bits per heavy atom. The van der Waals surface area contributed by atoms with Crippen molar-refractivity contribution in [2.24, 2.45) is 10.8 Å². The molecule has 0 aromatic heterocycles. The van der Waals surface area contributed by atoms with E-state index in [0.29, 0.717) is 0 Å². The first-order valence-corrected chi connectivity index (χ1v) is 4.86. The van der Waals surface area contributed by atoms with E-state index in [1.807, 2.05) is 0 Å². The molecule has 0 amide bonds. The highest BCUT2D eigenvalue weighted by molar-refractivity contribution is 6.28. The van der Waals surface area contributed by atoms with E-state index in [2.05, 4.69) is 0 Å². The molecule has 0 heterocycles. The summed E-state index contributed by atoms with van der Waals surface area (Å²) in [4.78, 5) is 34.2. The predicted octanol–water partition coefficient (Wildman–Crippen LogP) is 1.97. The molecule has 3 nitrogen and oxygen atoms in total. The van der Waals surface area contributed by atoms with Gasteiger partial charge < -0.3 is 0 Å². The Kier molecular flexibility index (Phi) is 3.78. The number of rotatable bonds is 2. The van der Waals surface area contributed by atoms with E-state index in [9.17, 15) is 14.4 Å². The van der Waals surface area contributed by atoms with Gasteiger partial charge >= 0.3 is 0 Å². The van der Waals surface area contributed by atoms with E-state index in [-0.39, 0.29) is 5.57 Å². The van der Waals surface area contributed by atoms with E-state index in [1.165, 1.54) is 5.94 Å². The van der Waals surface area contributed by atoms with Crippen LogP contribution in [0.25, 0.3) is 0 Å². The van der Waals surface area contributed by atoms with Crippen molar-refractivity contribution in [3.8, 4) is 0 Å². The molecular weight excluding hydrogens is 192 g/mol. The Balaban J connectivity index is 5.26. The summed E-state index contributed by atoms with van der Waals surface area (Å²) in [5.41, 5.74) is -1.81. The zero-order chi connectivity index (χ0) is 12.4. The van der Waals surface area contributed by atoms with Gasteiger partial charge in [0.15, 0.2) is 11.6 Å². The monoisotopic (exact) mass is 210 g/mol. The van der Waals surface area contributed by atoms with Crippen LogP contribution in [-0.4, -0.2) is 17.5 Å². The Morgan fingerprint density at radius 2 is 1.07 bits per heavy atom. The van der Waals surface area contributed by atoms with Gasteiger partial charge in [-0.15, -0.1) is 0 Å². The number of Topliss-reactive ketones (excluding diaryl/α,β-unsaturated/α-hetero) is 2.